The van der Waals surface area contributed by atoms with Crippen molar-refractivity contribution in [3.63, 3.8) is 0 Å². The van der Waals surface area contributed by atoms with E-state index in [0.717, 1.165) is 56.4 Å². The number of methoxy groups -OCH3 is 1. The molecule has 2 saturated heterocycles. The monoisotopic (exact) mass is 367 g/mol. The normalized spacial score (nSPS) is 19.4. The Bertz CT molecular complexity index is 760. The number of nitrogens with zero attached hydrogens (tertiary/aromatic N) is 5. The first-order valence-corrected chi connectivity index (χ1v) is 9.46. The SMILES string of the molecule is COc1ccc(C(N2CCN(c3ncccn3)CC2)N2CCCC2=O)cc1. The Hall–Kier alpha value is -2.67. The first-order valence-electron chi connectivity index (χ1n) is 9.46. The van der Waals surface area contributed by atoms with Gasteiger partial charge in [-0.15, -0.1) is 0 Å². The van der Waals surface area contributed by atoms with Gasteiger partial charge in [0.1, 0.15) is 11.9 Å². The highest BCUT2D eigenvalue weighted by atomic mass is 16.5. The van der Waals surface area contributed by atoms with Crippen molar-refractivity contribution >= 4 is 11.9 Å². The van der Waals surface area contributed by atoms with E-state index in [9.17, 15) is 4.79 Å². The largest absolute Gasteiger partial charge is 0.497 e. The number of ether oxygens (including phenoxy) is 1. The van der Waals surface area contributed by atoms with Gasteiger partial charge in [-0.1, -0.05) is 12.1 Å². The molecule has 4 rings (SSSR count). The molecular weight excluding hydrogens is 342 g/mol. The summed E-state index contributed by atoms with van der Waals surface area (Å²) < 4.78 is 5.29. The third kappa shape index (κ3) is 3.73. The molecule has 0 aliphatic carbocycles. The highest BCUT2D eigenvalue weighted by molar-refractivity contribution is 5.78. The van der Waals surface area contributed by atoms with Crippen LogP contribution in [0, 0.1) is 0 Å². The van der Waals surface area contributed by atoms with Crippen LogP contribution in [0.15, 0.2) is 42.7 Å². The molecule has 2 aliphatic rings. The van der Waals surface area contributed by atoms with Gasteiger partial charge in [-0.25, -0.2) is 9.97 Å². The summed E-state index contributed by atoms with van der Waals surface area (Å²) in [6.07, 6.45) is 5.10. The second kappa shape index (κ2) is 7.92. The van der Waals surface area contributed by atoms with Crippen LogP contribution in [0.2, 0.25) is 0 Å². The molecule has 0 spiro atoms. The van der Waals surface area contributed by atoms with E-state index in [0.29, 0.717) is 6.42 Å². The highest BCUT2D eigenvalue weighted by Gasteiger charge is 2.35. The third-order valence-corrected chi connectivity index (χ3v) is 5.31. The predicted molar refractivity (Wildman–Crippen MR) is 103 cm³/mol. The van der Waals surface area contributed by atoms with Crippen LogP contribution >= 0.6 is 0 Å². The summed E-state index contributed by atoms with van der Waals surface area (Å²) >= 11 is 0. The standard InChI is InChI=1S/C20H25N5O2/c1-27-17-7-5-16(6-8-17)19(25-11-2-4-18(25)26)23-12-14-24(15-13-23)20-21-9-3-10-22-20/h3,5-10,19H,2,4,11-15H2,1H3. The smallest absolute Gasteiger partial charge is 0.225 e. The van der Waals surface area contributed by atoms with Gasteiger partial charge in [-0.2, -0.15) is 0 Å². The number of hydrogen-bond acceptors (Lipinski definition) is 6. The fourth-order valence-electron chi connectivity index (χ4n) is 3.91. The number of piperazine rings is 1. The van der Waals surface area contributed by atoms with Gasteiger partial charge >= 0.3 is 0 Å². The lowest BCUT2D eigenvalue weighted by atomic mass is 10.1. The number of amides is 1. The van der Waals surface area contributed by atoms with Crippen molar-refractivity contribution in [3.05, 3.63) is 48.3 Å². The van der Waals surface area contributed by atoms with Crippen LogP contribution in [0.3, 0.4) is 0 Å². The van der Waals surface area contributed by atoms with Crippen molar-refractivity contribution in [2.45, 2.75) is 19.0 Å². The second-order valence-corrected chi connectivity index (χ2v) is 6.91. The molecular formula is C20H25N5O2. The molecule has 1 aromatic heterocycles. The Morgan fingerprint density at radius 3 is 2.30 bits per heavy atom. The summed E-state index contributed by atoms with van der Waals surface area (Å²) in [5.74, 6) is 1.84. The molecule has 3 heterocycles. The Morgan fingerprint density at radius 2 is 1.70 bits per heavy atom. The van der Waals surface area contributed by atoms with Gasteiger partial charge < -0.3 is 14.5 Å². The van der Waals surface area contributed by atoms with Crippen LogP contribution in [0.4, 0.5) is 5.95 Å². The minimum absolute atomic E-state index is 0.0234. The zero-order valence-corrected chi connectivity index (χ0v) is 15.6. The summed E-state index contributed by atoms with van der Waals surface area (Å²) in [5.41, 5.74) is 1.13. The van der Waals surface area contributed by atoms with Crippen LogP contribution in [-0.4, -0.2) is 65.5 Å². The molecule has 0 radical (unpaired) electrons. The van der Waals surface area contributed by atoms with Crippen molar-refractivity contribution in [2.75, 3.05) is 44.7 Å². The van der Waals surface area contributed by atoms with E-state index >= 15 is 0 Å². The van der Waals surface area contributed by atoms with E-state index in [1.165, 1.54) is 0 Å². The number of carbonyl (C=O) groups is 1. The number of aromatic nitrogens is 2. The molecule has 0 saturated carbocycles. The van der Waals surface area contributed by atoms with E-state index in [2.05, 4.69) is 31.9 Å². The summed E-state index contributed by atoms with van der Waals surface area (Å²) in [6, 6.07) is 9.91. The Labute approximate surface area is 159 Å². The lowest BCUT2D eigenvalue weighted by Crippen LogP contribution is -2.52. The highest BCUT2D eigenvalue weighted by Crippen LogP contribution is 2.31. The third-order valence-electron chi connectivity index (χ3n) is 5.31. The number of likely N-dealkylation sites (tertiary alicyclic amines) is 1. The first kappa shape index (κ1) is 17.7. The lowest BCUT2D eigenvalue weighted by molar-refractivity contribution is -0.133. The second-order valence-electron chi connectivity index (χ2n) is 6.91. The Kier molecular flexibility index (Phi) is 5.20. The molecule has 2 aliphatic heterocycles. The maximum atomic E-state index is 12.5. The molecule has 0 bridgehead atoms. The minimum Gasteiger partial charge on any atom is -0.497 e. The topological polar surface area (TPSA) is 61.8 Å². The summed E-state index contributed by atoms with van der Waals surface area (Å²) in [5, 5.41) is 0. The summed E-state index contributed by atoms with van der Waals surface area (Å²) in [6.45, 7) is 4.23. The van der Waals surface area contributed by atoms with Crippen molar-refractivity contribution in [3.8, 4) is 5.75 Å². The lowest BCUT2D eigenvalue weighted by Gasteiger charge is -2.43. The van der Waals surface area contributed by atoms with Gasteiger partial charge in [-0.05, 0) is 30.2 Å². The number of carbonyl (C=O) groups excluding carboxylic acids is 1. The number of anilines is 1. The molecule has 2 fully saturated rings. The number of rotatable bonds is 5. The molecule has 1 amide bonds. The van der Waals surface area contributed by atoms with Gasteiger partial charge in [0.2, 0.25) is 11.9 Å². The molecule has 27 heavy (non-hydrogen) atoms. The van der Waals surface area contributed by atoms with Crippen molar-refractivity contribution in [1.29, 1.82) is 0 Å². The van der Waals surface area contributed by atoms with Gasteiger partial charge in [-0.3, -0.25) is 9.69 Å². The van der Waals surface area contributed by atoms with Crippen molar-refractivity contribution < 1.29 is 9.53 Å². The van der Waals surface area contributed by atoms with Crippen LogP contribution in [-0.2, 0) is 4.79 Å². The fraction of sp³-hybridized carbons (Fsp3) is 0.450. The van der Waals surface area contributed by atoms with Crippen LogP contribution < -0.4 is 9.64 Å². The maximum Gasteiger partial charge on any atom is 0.225 e. The number of hydrogen-bond donors (Lipinski definition) is 0. The van der Waals surface area contributed by atoms with Gasteiger partial charge in [0.05, 0.1) is 7.11 Å². The molecule has 0 N–H and O–H groups in total. The predicted octanol–water partition coefficient (Wildman–Crippen LogP) is 1.93. The van der Waals surface area contributed by atoms with Crippen LogP contribution in [0.25, 0.3) is 0 Å². The Balaban J connectivity index is 1.53. The van der Waals surface area contributed by atoms with E-state index in [-0.39, 0.29) is 12.1 Å². The number of benzene rings is 1. The van der Waals surface area contributed by atoms with Gasteiger partial charge in [0.15, 0.2) is 0 Å². The van der Waals surface area contributed by atoms with E-state index in [1.807, 2.05) is 23.1 Å². The van der Waals surface area contributed by atoms with Crippen LogP contribution in [0.5, 0.6) is 5.75 Å². The minimum atomic E-state index is -0.0234. The van der Waals surface area contributed by atoms with Crippen LogP contribution in [0.1, 0.15) is 24.6 Å². The van der Waals surface area contributed by atoms with E-state index in [1.54, 1.807) is 19.5 Å². The molecule has 142 valence electrons. The maximum absolute atomic E-state index is 12.5. The molecule has 1 atom stereocenters. The average Bonchev–Trinajstić information content (AvgIpc) is 3.15. The van der Waals surface area contributed by atoms with Crippen molar-refractivity contribution in [1.82, 2.24) is 19.8 Å². The zero-order chi connectivity index (χ0) is 18.6. The average molecular weight is 367 g/mol. The molecule has 1 unspecified atom stereocenters. The summed E-state index contributed by atoms with van der Waals surface area (Å²) in [7, 11) is 1.67. The molecule has 7 heteroatoms. The first-order chi connectivity index (χ1) is 13.3. The van der Waals surface area contributed by atoms with Gasteiger partial charge in [0, 0.05) is 51.5 Å². The van der Waals surface area contributed by atoms with Crippen molar-refractivity contribution in [2.24, 2.45) is 0 Å². The molecule has 1 aromatic carbocycles. The fourth-order valence-corrected chi connectivity index (χ4v) is 3.91. The molecule has 2 aromatic rings. The zero-order valence-electron chi connectivity index (χ0n) is 15.6. The summed E-state index contributed by atoms with van der Waals surface area (Å²) in [4.78, 5) is 27.8. The quantitative estimate of drug-likeness (QED) is 0.805. The van der Waals surface area contributed by atoms with E-state index in [4.69, 9.17) is 4.74 Å². The molecule has 7 nitrogen and oxygen atoms in total. The van der Waals surface area contributed by atoms with E-state index < -0.39 is 0 Å². The van der Waals surface area contributed by atoms with Gasteiger partial charge in [0.25, 0.3) is 0 Å². The Morgan fingerprint density at radius 1 is 1.00 bits per heavy atom.